The Kier molecular flexibility index (Phi) is 3.64. The van der Waals surface area contributed by atoms with E-state index < -0.39 is 11.7 Å². The minimum atomic E-state index is -4.43. The molecule has 1 aliphatic heterocycles. The first-order chi connectivity index (χ1) is 8.93. The molecule has 0 atom stereocenters. The van der Waals surface area contributed by atoms with E-state index in [0.29, 0.717) is 18.8 Å². The van der Waals surface area contributed by atoms with Gasteiger partial charge in [-0.1, -0.05) is 5.16 Å². The minimum Gasteiger partial charge on any atom is -0.411 e. The molecule has 0 aliphatic carbocycles. The van der Waals surface area contributed by atoms with Gasteiger partial charge in [-0.2, -0.15) is 13.2 Å². The molecule has 104 valence electrons. The fourth-order valence-corrected chi connectivity index (χ4v) is 2.13. The molecule has 1 N–H and O–H groups in total. The van der Waals surface area contributed by atoms with Crippen LogP contribution in [-0.2, 0) is 6.18 Å². The summed E-state index contributed by atoms with van der Waals surface area (Å²) >= 11 is 0. The summed E-state index contributed by atoms with van der Waals surface area (Å²) in [5.41, 5.74) is 0.0829. The van der Waals surface area contributed by atoms with E-state index in [9.17, 15) is 13.2 Å². The van der Waals surface area contributed by atoms with Gasteiger partial charge < -0.3 is 10.1 Å². The molecule has 1 aromatic heterocycles. The van der Waals surface area contributed by atoms with Crippen molar-refractivity contribution in [1.82, 2.24) is 4.98 Å². The second-order valence-corrected chi connectivity index (χ2v) is 4.47. The Morgan fingerprint density at radius 1 is 1.37 bits per heavy atom. The van der Waals surface area contributed by atoms with Crippen LogP contribution in [0.4, 0.5) is 18.9 Å². The Hall–Kier alpha value is -1.79. The lowest BCUT2D eigenvalue weighted by Crippen LogP contribution is -2.22. The maximum atomic E-state index is 12.7. The van der Waals surface area contributed by atoms with Crippen LogP contribution in [0.15, 0.2) is 17.4 Å². The van der Waals surface area contributed by atoms with Crippen molar-refractivity contribution in [2.45, 2.75) is 25.9 Å². The summed E-state index contributed by atoms with van der Waals surface area (Å²) in [4.78, 5) is 5.65. The highest BCUT2D eigenvalue weighted by atomic mass is 19.4. The van der Waals surface area contributed by atoms with Crippen molar-refractivity contribution >= 4 is 11.4 Å². The van der Waals surface area contributed by atoms with Crippen LogP contribution < -0.4 is 4.90 Å². The zero-order valence-corrected chi connectivity index (χ0v) is 10.4. The van der Waals surface area contributed by atoms with Gasteiger partial charge in [-0.15, -0.1) is 0 Å². The van der Waals surface area contributed by atoms with E-state index >= 15 is 0 Å². The lowest BCUT2D eigenvalue weighted by molar-refractivity contribution is -0.137. The van der Waals surface area contributed by atoms with Crippen LogP contribution in [-0.4, -0.2) is 29.0 Å². The number of halogens is 3. The lowest BCUT2D eigenvalue weighted by Gasteiger charge is -2.21. The first kappa shape index (κ1) is 13.6. The van der Waals surface area contributed by atoms with E-state index in [0.717, 1.165) is 25.1 Å². The van der Waals surface area contributed by atoms with Crippen LogP contribution in [0.25, 0.3) is 0 Å². The third-order valence-electron chi connectivity index (χ3n) is 3.13. The largest absolute Gasteiger partial charge is 0.417 e. The average Bonchev–Trinajstić information content (AvgIpc) is 2.89. The molecule has 0 bridgehead atoms. The quantitative estimate of drug-likeness (QED) is 0.512. The zero-order chi connectivity index (χ0) is 14.0. The van der Waals surface area contributed by atoms with Gasteiger partial charge in [0.1, 0.15) is 11.4 Å². The summed E-state index contributed by atoms with van der Waals surface area (Å²) in [6.07, 6.45) is -1.79. The second-order valence-electron chi connectivity index (χ2n) is 4.47. The molecule has 19 heavy (non-hydrogen) atoms. The van der Waals surface area contributed by atoms with Gasteiger partial charge in [0.25, 0.3) is 0 Å². The number of oxime groups is 1. The summed E-state index contributed by atoms with van der Waals surface area (Å²) in [6.45, 7) is 2.89. The van der Waals surface area contributed by atoms with Crippen LogP contribution in [0.2, 0.25) is 0 Å². The van der Waals surface area contributed by atoms with Gasteiger partial charge in [-0.3, -0.25) is 4.98 Å². The number of anilines is 1. The van der Waals surface area contributed by atoms with Gasteiger partial charge in [0.15, 0.2) is 0 Å². The normalized spacial score (nSPS) is 17.1. The average molecular weight is 273 g/mol. The van der Waals surface area contributed by atoms with Gasteiger partial charge in [-0.25, -0.2) is 0 Å². The topological polar surface area (TPSA) is 48.7 Å². The number of hydrogen-bond donors (Lipinski definition) is 1. The monoisotopic (exact) mass is 273 g/mol. The standard InChI is InChI=1S/C12H14F3N3O/c1-8(17-19)11-10(18-4-2-3-5-18)6-9(7-16-11)12(13,14)15/h6-7,19H,2-5H2,1H3/b17-8+. The van der Waals surface area contributed by atoms with Crippen molar-refractivity contribution < 1.29 is 18.4 Å². The van der Waals surface area contributed by atoms with E-state index in [2.05, 4.69) is 10.1 Å². The fraction of sp³-hybridized carbons (Fsp3) is 0.500. The summed E-state index contributed by atoms with van der Waals surface area (Å²) in [5, 5.41) is 11.8. The van der Waals surface area contributed by atoms with Crippen molar-refractivity contribution in [3.05, 3.63) is 23.5 Å². The molecule has 1 aliphatic rings. The highest BCUT2D eigenvalue weighted by Crippen LogP contribution is 2.33. The Balaban J connectivity index is 2.50. The predicted molar refractivity (Wildman–Crippen MR) is 64.7 cm³/mol. The first-order valence-corrected chi connectivity index (χ1v) is 5.94. The summed E-state index contributed by atoms with van der Waals surface area (Å²) in [6, 6.07) is 1.07. The maximum Gasteiger partial charge on any atom is 0.417 e. The molecular formula is C12H14F3N3O. The molecule has 2 heterocycles. The van der Waals surface area contributed by atoms with Gasteiger partial charge >= 0.3 is 6.18 Å². The first-order valence-electron chi connectivity index (χ1n) is 5.94. The summed E-state index contributed by atoms with van der Waals surface area (Å²) in [7, 11) is 0. The molecule has 0 unspecified atom stereocenters. The number of aromatic nitrogens is 1. The van der Waals surface area contributed by atoms with Gasteiger partial charge in [0.2, 0.25) is 0 Å². The minimum absolute atomic E-state index is 0.204. The molecule has 1 saturated heterocycles. The maximum absolute atomic E-state index is 12.7. The Morgan fingerprint density at radius 3 is 2.53 bits per heavy atom. The molecule has 4 nitrogen and oxygen atoms in total. The molecule has 0 aromatic carbocycles. The Bertz CT molecular complexity index is 493. The molecule has 0 spiro atoms. The molecule has 0 amide bonds. The van der Waals surface area contributed by atoms with Crippen LogP contribution in [0.1, 0.15) is 31.0 Å². The molecule has 0 radical (unpaired) electrons. The highest BCUT2D eigenvalue weighted by Gasteiger charge is 2.33. The van der Waals surface area contributed by atoms with Gasteiger partial charge in [-0.05, 0) is 25.8 Å². The molecule has 7 heteroatoms. The molecule has 1 aromatic rings. The van der Waals surface area contributed by atoms with Crippen LogP contribution in [0.5, 0.6) is 0 Å². The van der Waals surface area contributed by atoms with Crippen molar-refractivity contribution in [2.24, 2.45) is 5.16 Å². The van der Waals surface area contributed by atoms with E-state index in [1.54, 1.807) is 0 Å². The van der Waals surface area contributed by atoms with E-state index in [-0.39, 0.29) is 11.4 Å². The van der Waals surface area contributed by atoms with Crippen molar-refractivity contribution in [3.63, 3.8) is 0 Å². The number of pyridine rings is 1. The van der Waals surface area contributed by atoms with Crippen LogP contribution in [0.3, 0.4) is 0 Å². The van der Waals surface area contributed by atoms with E-state index in [1.165, 1.54) is 6.92 Å². The SMILES string of the molecule is C/C(=N\O)c1ncc(C(F)(F)F)cc1N1CCCC1. The number of alkyl halides is 3. The van der Waals surface area contributed by atoms with Crippen LogP contribution >= 0.6 is 0 Å². The van der Waals surface area contributed by atoms with E-state index in [1.807, 2.05) is 4.90 Å². The van der Waals surface area contributed by atoms with E-state index in [4.69, 9.17) is 5.21 Å². The third kappa shape index (κ3) is 2.80. The second kappa shape index (κ2) is 5.07. The van der Waals surface area contributed by atoms with Crippen molar-refractivity contribution in [3.8, 4) is 0 Å². The Labute approximate surface area is 108 Å². The Morgan fingerprint density at radius 2 is 2.00 bits per heavy atom. The highest BCUT2D eigenvalue weighted by molar-refractivity contribution is 6.01. The predicted octanol–water partition coefficient (Wildman–Crippen LogP) is 2.90. The fourth-order valence-electron chi connectivity index (χ4n) is 2.13. The third-order valence-corrected chi connectivity index (χ3v) is 3.13. The van der Waals surface area contributed by atoms with Gasteiger partial charge in [0, 0.05) is 19.3 Å². The number of rotatable bonds is 2. The zero-order valence-electron chi connectivity index (χ0n) is 10.4. The molecular weight excluding hydrogens is 259 g/mol. The summed E-state index contributed by atoms with van der Waals surface area (Å²) < 4.78 is 38.2. The molecule has 0 saturated carbocycles. The van der Waals surface area contributed by atoms with Gasteiger partial charge in [0.05, 0.1) is 11.3 Å². The van der Waals surface area contributed by atoms with Crippen molar-refractivity contribution in [2.75, 3.05) is 18.0 Å². The lowest BCUT2D eigenvalue weighted by atomic mass is 10.1. The summed E-state index contributed by atoms with van der Waals surface area (Å²) in [5.74, 6) is 0. The number of nitrogens with zero attached hydrogens (tertiary/aromatic N) is 3. The van der Waals surface area contributed by atoms with Crippen LogP contribution in [0, 0.1) is 0 Å². The van der Waals surface area contributed by atoms with Crippen molar-refractivity contribution in [1.29, 1.82) is 0 Å². The number of hydrogen-bond acceptors (Lipinski definition) is 4. The molecule has 2 rings (SSSR count). The molecule has 1 fully saturated rings. The smallest absolute Gasteiger partial charge is 0.411 e.